The van der Waals surface area contributed by atoms with E-state index in [-0.39, 0.29) is 6.42 Å². The van der Waals surface area contributed by atoms with Crippen LogP contribution in [0.5, 0.6) is 0 Å². The van der Waals surface area contributed by atoms with Gasteiger partial charge in [-0.3, -0.25) is 9.59 Å². The van der Waals surface area contributed by atoms with Gasteiger partial charge in [0, 0.05) is 12.3 Å². The van der Waals surface area contributed by atoms with Gasteiger partial charge in [0.25, 0.3) is 0 Å². The summed E-state index contributed by atoms with van der Waals surface area (Å²) in [7, 11) is -3.40. The molecule has 1 amide bonds. The summed E-state index contributed by atoms with van der Waals surface area (Å²) >= 11 is 0. The Labute approximate surface area is 101 Å². The zero-order chi connectivity index (χ0) is 13.9. The highest BCUT2D eigenvalue weighted by Gasteiger charge is 2.29. The average molecular weight is 265 g/mol. The lowest BCUT2D eigenvalue weighted by Crippen LogP contribution is -2.46. The van der Waals surface area contributed by atoms with Crippen LogP contribution in [0.15, 0.2) is 0 Å². The van der Waals surface area contributed by atoms with Crippen molar-refractivity contribution in [3.05, 3.63) is 0 Å². The quantitative estimate of drug-likeness (QED) is 0.730. The summed E-state index contributed by atoms with van der Waals surface area (Å²) in [6.07, 6.45) is 0.717. The van der Waals surface area contributed by atoms with E-state index in [4.69, 9.17) is 5.11 Å². The van der Waals surface area contributed by atoms with Crippen molar-refractivity contribution in [1.82, 2.24) is 5.32 Å². The number of rotatable bonds is 5. The maximum atomic E-state index is 11.4. The zero-order valence-corrected chi connectivity index (χ0v) is 11.3. The minimum atomic E-state index is -3.40. The second-order valence-corrected chi connectivity index (χ2v) is 7.29. The first-order valence-corrected chi connectivity index (χ1v) is 7.17. The van der Waals surface area contributed by atoms with Gasteiger partial charge >= 0.3 is 5.97 Å². The summed E-state index contributed by atoms with van der Waals surface area (Å²) in [6.45, 7) is 5.34. The number of carboxylic acids is 1. The molecule has 0 aliphatic heterocycles. The molecule has 0 aromatic rings. The fraction of sp³-hybridized carbons (Fsp3) is 0.800. The Bertz CT molecular complexity index is 393. The van der Waals surface area contributed by atoms with E-state index in [1.807, 2.05) is 0 Å². The Kier molecular flexibility index (Phi) is 5.12. The topological polar surface area (TPSA) is 101 Å². The van der Waals surface area contributed by atoms with Crippen LogP contribution in [0.2, 0.25) is 0 Å². The maximum Gasteiger partial charge on any atom is 0.305 e. The number of amides is 1. The minimum Gasteiger partial charge on any atom is -0.481 e. The summed E-state index contributed by atoms with van der Waals surface area (Å²) in [4.78, 5) is 22.1. The summed E-state index contributed by atoms with van der Waals surface area (Å²) in [5, 5.41) is 11.2. The van der Waals surface area contributed by atoms with Crippen LogP contribution in [0.3, 0.4) is 0 Å². The van der Waals surface area contributed by atoms with Crippen LogP contribution in [-0.2, 0) is 19.4 Å². The molecule has 7 heteroatoms. The Morgan fingerprint density at radius 2 is 1.76 bits per heavy atom. The maximum absolute atomic E-state index is 11.4. The first-order valence-electron chi connectivity index (χ1n) is 5.10. The second kappa shape index (κ2) is 5.48. The highest BCUT2D eigenvalue weighted by molar-refractivity contribution is 7.91. The number of carbonyl (C=O) groups is 2. The normalized spacial score (nSPS) is 14.1. The molecule has 0 saturated heterocycles. The standard InChI is InChI=1S/C10H19NO5S/c1-10(2,3)7(5-9(13)14)11-8(12)6-17(4,15)16/h7H,5-6H2,1-4H3,(H,11,12)(H,13,14). The van der Waals surface area contributed by atoms with Crippen LogP contribution < -0.4 is 5.32 Å². The largest absolute Gasteiger partial charge is 0.481 e. The van der Waals surface area contributed by atoms with Crippen LogP contribution in [-0.4, -0.2) is 43.5 Å². The smallest absolute Gasteiger partial charge is 0.305 e. The Hall–Kier alpha value is -1.11. The van der Waals surface area contributed by atoms with Crippen molar-refractivity contribution < 1.29 is 23.1 Å². The third-order valence-corrected chi connectivity index (χ3v) is 2.94. The van der Waals surface area contributed by atoms with Gasteiger partial charge in [-0.25, -0.2) is 8.42 Å². The Morgan fingerprint density at radius 3 is 2.06 bits per heavy atom. The van der Waals surface area contributed by atoms with Crippen molar-refractivity contribution in [2.45, 2.75) is 33.2 Å². The van der Waals surface area contributed by atoms with E-state index in [1.54, 1.807) is 20.8 Å². The van der Waals surface area contributed by atoms with Gasteiger partial charge in [-0.2, -0.15) is 0 Å². The van der Waals surface area contributed by atoms with Gasteiger partial charge in [0.1, 0.15) is 5.75 Å². The van der Waals surface area contributed by atoms with Gasteiger partial charge in [0.15, 0.2) is 9.84 Å². The molecule has 2 N–H and O–H groups in total. The number of hydrogen-bond acceptors (Lipinski definition) is 4. The molecule has 0 aliphatic rings. The van der Waals surface area contributed by atoms with E-state index in [9.17, 15) is 18.0 Å². The van der Waals surface area contributed by atoms with Gasteiger partial charge < -0.3 is 10.4 Å². The molecule has 0 aliphatic carbocycles. The molecule has 0 fully saturated rings. The van der Waals surface area contributed by atoms with E-state index >= 15 is 0 Å². The van der Waals surface area contributed by atoms with Gasteiger partial charge in [0.2, 0.25) is 5.91 Å². The van der Waals surface area contributed by atoms with Crippen molar-refractivity contribution in [2.75, 3.05) is 12.0 Å². The molecule has 0 heterocycles. The molecular weight excluding hydrogens is 246 g/mol. The zero-order valence-electron chi connectivity index (χ0n) is 10.5. The number of carboxylic acid groups (broad SMARTS) is 1. The van der Waals surface area contributed by atoms with Crippen molar-refractivity contribution >= 4 is 21.7 Å². The SMILES string of the molecule is CC(C)(C)C(CC(=O)O)NC(=O)CS(C)(=O)=O. The van der Waals surface area contributed by atoms with Gasteiger partial charge in [-0.15, -0.1) is 0 Å². The third-order valence-electron chi connectivity index (χ3n) is 2.15. The lowest BCUT2D eigenvalue weighted by molar-refractivity contribution is -0.138. The Morgan fingerprint density at radius 1 is 1.29 bits per heavy atom. The van der Waals surface area contributed by atoms with E-state index in [2.05, 4.69) is 5.32 Å². The molecule has 17 heavy (non-hydrogen) atoms. The number of aliphatic carboxylic acids is 1. The fourth-order valence-corrected chi connectivity index (χ4v) is 1.78. The average Bonchev–Trinajstić information content (AvgIpc) is 1.95. The summed E-state index contributed by atoms with van der Waals surface area (Å²) in [5.41, 5.74) is -0.453. The highest BCUT2D eigenvalue weighted by atomic mass is 32.2. The molecule has 0 spiro atoms. The van der Waals surface area contributed by atoms with Crippen molar-refractivity contribution in [3.8, 4) is 0 Å². The molecule has 1 unspecified atom stereocenters. The predicted molar refractivity (Wildman–Crippen MR) is 63.3 cm³/mol. The predicted octanol–water partition coefficient (Wildman–Crippen LogP) is 0.0366. The number of sulfone groups is 1. The summed E-state index contributed by atoms with van der Waals surface area (Å²) < 4.78 is 21.8. The molecule has 1 atom stereocenters. The third kappa shape index (κ3) is 7.73. The highest BCUT2D eigenvalue weighted by Crippen LogP contribution is 2.21. The number of hydrogen-bond donors (Lipinski definition) is 2. The van der Waals surface area contributed by atoms with Crippen LogP contribution in [0.4, 0.5) is 0 Å². The molecule has 0 radical (unpaired) electrons. The van der Waals surface area contributed by atoms with Gasteiger partial charge in [-0.05, 0) is 5.41 Å². The molecule has 100 valence electrons. The van der Waals surface area contributed by atoms with E-state index in [0.717, 1.165) is 6.26 Å². The molecule has 0 bridgehead atoms. The summed E-state index contributed by atoms with van der Waals surface area (Å²) in [6, 6.07) is -0.603. The molecule has 0 rings (SSSR count). The lowest BCUT2D eigenvalue weighted by Gasteiger charge is -2.30. The van der Waals surface area contributed by atoms with E-state index in [0.29, 0.717) is 0 Å². The molecule has 6 nitrogen and oxygen atoms in total. The Balaban J connectivity index is 4.66. The first-order chi connectivity index (χ1) is 7.42. The van der Waals surface area contributed by atoms with Crippen molar-refractivity contribution in [2.24, 2.45) is 5.41 Å². The monoisotopic (exact) mass is 265 g/mol. The van der Waals surface area contributed by atoms with Gasteiger partial charge in [0.05, 0.1) is 6.42 Å². The van der Waals surface area contributed by atoms with Crippen LogP contribution in [0.25, 0.3) is 0 Å². The number of carbonyl (C=O) groups excluding carboxylic acids is 1. The fourth-order valence-electron chi connectivity index (χ4n) is 1.22. The first kappa shape index (κ1) is 15.9. The molecular formula is C10H19NO5S. The summed E-state index contributed by atoms with van der Waals surface area (Å²) in [5.74, 6) is -2.34. The molecule has 0 aromatic carbocycles. The number of nitrogens with one attached hydrogen (secondary N) is 1. The second-order valence-electron chi connectivity index (χ2n) is 5.15. The van der Waals surface area contributed by atoms with Crippen LogP contribution in [0.1, 0.15) is 27.2 Å². The van der Waals surface area contributed by atoms with Crippen molar-refractivity contribution in [3.63, 3.8) is 0 Å². The van der Waals surface area contributed by atoms with E-state index in [1.165, 1.54) is 0 Å². The van der Waals surface area contributed by atoms with Crippen molar-refractivity contribution in [1.29, 1.82) is 0 Å². The van der Waals surface area contributed by atoms with E-state index < -0.39 is 38.9 Å². The minimum absolute atomic E-state index is 0.237. The van der Waals surface area contributed by atoms with Gasteiger partial charge in [-0.1, -0.05) is 20.8 Å². The van der Waals surface area contributed by atoms with Crippen LogP contribution in [0, 0.1) is 5.41 Å². The molecule has 0 aromatic heterocycles. The van der Waals surface area contributed by atoms with Crippen LogP contribution >= 0.6 is 0 Å². The lowest BCUT2D eigenvalue weighted by atomic mass is 9.85. The molecule has 0 saturated carbocycles.